The van der Waals surface area contributed by atoms with E-state index in [1.807, 2.05) is 12.4 Å². The van der Waals surface area contributed by atoms with Crippen molar-refractivity contribution in [2.45, 2.75) is 63.9 Å². The molecule has 0 atom stereocenters. The van der Waals surface area contributed by atoms with Gasteiger partial charge in [0.15, 0.2) is 0 Å². The van der Waals surface area contributed by atoms with Gasteiger partial charge in [0, 0.05) is 18.8 Å². The van der Waals surface area contributed by atoms with Crippen LogP contribution in [0, 0.1) is 11.3 Å². The molecule has 0 aromatic carbocycles. The summed E-state index contributed by atoms with van der Waals surface area (Å²) in [6, 6.07) is 0. The van der Waals surface area contributed by atoms with E-state index in [-0.39, 0.29) is 6.10 Å². The Bertz CT molecular complexity index is 356. The highest BCUT2D eigenvalue weighted by Crippen LogP contribution is 2.49. The zero-order valence-corrected chi connectivity index (χ0v) is 11.1. The zero-order valence-electron chi connectivity index (χ0n) is 11.1. The van der Waals surface area contributed by atoms with Gasteiger partial charge in [-0.3, -0.25) is 0 Å². The van der Waals surface area contributed by atoms with E-state index in [9.17, 15) is 5.11 Å². The summed E-state index contributed by atoms with van der Waals surface area (Å²) in [7, 11) is 0. The summed E-state index contributed by atoms with van der Waals surface area (Å²) in [5.74, 6) is 1.96. The second kappa shape index (κ2) is 5.04. The smallest absolute Gasteiger partial charge is 0.106 e. The molecule has 2 N–H and O–H groups in total. The molecule has 1 spiro atoms. The average molecular weight is 248 g/mol. The van der Waals surface area contributed by atoms with Crippen LogP contribution < -0.4 is 0 Å². The fourth-order valence-electron chi connectivity index (χ4n) is 3.89. The number of hydrogen-bond donors (Lipinski definition) is 2. The van der Waals surface area contributed by atoms with Crippen molar-refractivity contribution in [2.75, 3.05) is 0 Å². The maximum absolute atomic E-state index is 9.63. The largest absolute Gasteiger partial charge is 0.393 e. The maximum atomic E-state index is 9.63. The van der Waals surface area contributed by atoms with Crippen LogP contribution in [0.3, 0.4) is 0 Å². The number of H-pyrrole nitrogens is 1. The van der Waals surface area contributed by atoms with Crippen LogP contribution in [-0.4, -0.2) is 21.2 Å². The number of aliphatic hydroxyl groups excluding tert-OH is 1. The predicted octanol–water partition coefficient (Wildman–Crippen LogP) is 3.06. The van der Waals surface area contributed by atoms with Crippen LogP contribution in [0.2, 0.25) is 0 Å². The second-order valence-corrected chi connectivity index (χ2v) is 6.41. The van der Waals surface area contributed by atoms with Crippen LogP contribution in [-0.2, 0) is 6.42 Å². The molecule has 1 heterocycles. The highest BCUT2D eigenvalue weighted by Gasteiger charge is 2.38. The monoisotopic (exact) mass is 248 g/mol. The lowest BCUT2D eigenvalue weighted by Gasteiger charge is -2.44. The van der Waals surface area contributed by atoms with E-state index in [1.54, 1.807) is 0 Å². The SMILES string of the molecule is OC1CCC2(CC1)CCC(Cc1ncc[nH]1)CC2. The molecule has 2 aliphatic carbocycles. The topological polar surface area (TPSA) is 48.9 Å². The molecule has 1 aromatic rings. The maximum Gasteiger partial charge on any atom is 0.106 e. The number of nitrogens with zero attached hydrogens (tertiary/aromatic N) is 1. The molecule has 18 heavy (non-hydrogen) atoms. The van der Waals surface area contributed by atoms with Crippen molar-refractivity contribution >= 4 is 0 Å². The van der Waals surface area contributed by atoms with Crippen LogP contribution in [0.5, 0.6) is 0 Å². The van der Waals surface area contributed by atoms with Gasteiger partial charge in [0.1, 0.15) is 5.82 Å². The van der Waals surface area contributed by atoms with Gasteiger partial charge < -0.3 is 10.1 Å². The third-order valence-corrected chi connectivity index (χ3v) is 5.22. The number of rotatable bonds is 2. The molecule has 0 aliphatic heterocycles. The second-order valence-electron chi connectivity index (χ2n) is 6.41. The summed E-state index contributed by atoms with van der Waals surface area (Å²) in [6.07, 6.45) is 14.9. The van der Waals surface area contributed by atoms with Crippen molar-refractivity contribution in [1.82, 2.24) is 9.97 Å². The number of imidazole rings is 1. The van der Waals surface area contributed by atoms with Crippen molar-refractivity contribution < 1.29 is 5.11 Å². The fourth-order valence-corrected chi connectivity index (χ4v) is 3.89. The molecule has 2 saturated carbocycles. The summed E-state index contributed by atoms with van der Waals surface area (Å²) in [5.41, 5.74) is 0.582. The van der Waals surface area contributed by atoms with E-state index in [0.717, 1.165) is 31.0 Å². The Labute approximate surface area is 109 Å². The zero-order chi connectivity index (χ0) is 12.4. The number of aromatic nitrogens is 2. The molecule has 3 heteroatoms. The molecule has 0 amide bonds. The summed E-state index contributed by atoms with van der Waals surface area (Å²) in [4.78, 5) is 7.55. The molecule has 0 unspecified atom stereocenters. The number of hydrogen-bond acceptors (Lipinski definition) is 2. The van der Waals surface area contributed by atoms with Crippen molar-refractivity contribution in [2.24, 2.45) is 11.3 Å². The Morgan fingerprint density at radius 3 is 2.44 bits per heavy atom. The number of aliphatic hydroxyl groups is 1. The Hall–Kier alpha value is -0.830. The molecular weight excluding hydrogens is 224 g/mol. The first-order chi connectivity index (χ1) is 8.76. The van der Waals surface area contributed by atoms with Crippen molar-refractivity contribution in [3.63, 3.8) is 0 Å². The lowest BCUT2D eigenvalue weighted by atomic mass is 9.62. The van der Waals surface area contributed by atoms with E-state index in [0.29, 0.717) is 5.41 Å². The minimum absolute atomic E-state index is 0.0172. The predicted molar refractivity (Wildman–Crippen MR) is 71.2 cm³/mol. The van der Waals surface area contributed by atoms with Gasteiger partial charge in [-0.15, -0.1) is 0 Å². The Morgan fingerprint density at radius 2 is 1.83 bits per heavy atom. The first-order valence-corrected chi connectivity index (χ1v) is 7.42. The third kappa shape index (κ3) is 2.61. The van der Waals surface area contributed by atoms with Crippen molar-refractivity contribution in [3.05, 3.63) is 18.2 Å². The quantitative estimate of drug-likeness (QED) is 0.845. The molecule has 3 nitrogen and oxygen atoms in total. The molecule has 0 radical (unpaired) electrons. The van der Waals surface area contributed by atoms with Crippen LogP contribution >= 0.6 is 0 Å². The van der Waals surface area contributed by atoms with E-state index in [4.69, 9.17) is 0 Å². The molecule has 0 saturated heterocycles. The molecule has 2 aliphatic rings. The van der Waals surface area contributed by atoms with Gasteiger partial charge in [-0.1, -0.05) is 0 Å². The van der Waals surface area contributed by atoms with E-state index >= 15 is 0 Å². The summed E-state index contributed by atoms with van der Waals surface area (Å²) in [6.45, 7) is 0. The van der Waals surface area contributed by atoms with Crippen molar-refractivity contribution in [1.29, 1.82) is 0 Å². The van der Waals surface area contributed by atoms with Crippen LogP contribution in [0.4, 0.5) is 0 Å². The van der Waals surface area contributed by atoms with Gasteiger partial charge >= 0.3 is 0 Å². The standard InChI is InChI=1S/C15H24N2O/c18-13-3-7-15(8-4-13)5-1-12(2-6-15)11-14-16-9-10-17-14/h9-10,12-13,18H,1-8,11H2,(H,16,17). The molecular formula is C15H24N2O. The molecule has 3 rings (SSSR count). The van der Waals surface area contributed by atoms with E-state index in [1.165, 1.54) is 38.5 Å². The average Bonchev–Trinajstić information content (AvgIpc) is 2.89. The van der Waals surface area contributed by atoms with Crippen molar-refractivity contribution in [3.8, 4) is 0 Å². The Kier molecular flexibility index (Phi) is 3.42. The highest BCUT2D eigenvalue weighted by atomic mass is 16.3. The minimum atomic E-state index is -0.0172. The van der Waals surface area contributed by atoms with Crippen LogP contribution in [0.15, 0.2) is 12.4 Å². The summed E-state index contributed by atoms with van der Waals surface area (Å²) < 4.78 is 0. The van der Waals surface area contributed by atoms with E-state index < -0.39 is 0 Å². The minimum Gasteiger partial charge on any atom is -0.393 e. The summed E-state index contributed by atoms with van der Waals surface area (Å²) >= 11 is 0. The molecule has 1 aromatic heterocycles. The molecule has 2 fully saturated rings. The highest BCUT2D eigenvalue weighted by molar-refractivity contribution is 4.94. The lowest BCUT2D eigenvalue weighted by molar-refractivity contribution is 0.0290. The van der Waals surface area contributed by atoms with Crippen LogP contribution in [0.1, 0.15) is 57.2 Å². The van der Waals surface area contributed by atoms with E-state index in [2.05, 4.69) is 9.97 Å². The van der Waals surface area contributed by atoms with Gasteiger partial charge in [-0.2, -0.15) is 0 Å². The van der Waals surface area contributed by atoms with Gasteiger partial charge in [0.05, 0.1) is 6.10 Å². The lowest BCUT2D eigenvalue weighted by Crippen LogP contribution is -2.34. The first-order valence-electron chi connectivity index (χ1n) is 7.42. The van der Waals surface area contributed by atoms with Gasteiger partial charge in [-0.25, -0.2) is 4.98 Å². The summed E-state index contributed by atoms with van der Waals surface area (Å²) in [5, 5.41) is 9.63. The molecule has 100 valence electrons. The van der Waals surface area contributed by atoms with Gasteiger partial charge in [0.2, 0.25) is 0 Å². The normalized spacial score (nSPS) is 36.9. The Balaban J connectivity index is 1.52. The fraction of sp³-hybridized carbons (Fsp3) is 0.800. The third-order valence-electron chi connectivity index (χ3n) is 5.22. The Morgan fingerprint density at radius 1 is 1.17 bits per heavy atom. The number of nitrogens with one attached hydrogen (secondary N) is 1. The first kappa shape index (κ1) is 12.2. The van der Waals surface area contributed by atoms with Crippen LogP contribution in [0.25, 0.3) is 0 Å². The van der Waals surface area contributed by atoms with Gasteiger partial charge in [-0.05, 0) is 62.7 Å². The van der Waals surface area contributed by atoms with Gasteiger partial charge in [0.25, 0.3) is 0 Å². The molecule has 0 bridgehead atoms. The number of aromatic amines is 1.